The quantitative estimate of drug-likeness (QED) is 0.0743. The second-order valence-corrected chi connectivity index (χ2v) is 18.6. The molecule has 16 heteroatoms. The first-order valence-electron chi connectivity index (χ1n) is 22.4. The molecule has 0 radical (unpaired) electrons. The first kappa shape index (κ1) is 44.2. The van der Waals surface area contributed by atoms with Crippen molar-refractivity contribution in [1.29, 1.82) is 0 Å². The van der Waals surface area contributed by atoms with E-state index in [2.05, 4.69) is 38.3 Å². The Morgan fingerprint density at radius 3 is 2.45 bits per heavy atom. The molecule has 1 aromatic heterocycles. The summed E-state index contributed by atoms with van der Waals surface area (Å²) >= 11 is 7.93. The van der Waals surface area contributed by atoms with E-state index in [1.165, 1.54) is 11.3 Å². The third kappa shape index (κ3) is 9.54. The number of likely N-dealkylation sites (N-methyl/N-ethyl adjacent to an activating group) is 1. The lowest BCUT2D eigenvalue weighted by Crippen LogP contribution is -2.58. The topological polar surface area (TPSA) is 171 Å². The van der Waals surface area contributed by atoms with E-state index in [0.717, 1.165) is 70.1 Å². The van der Waals surface area contributed by atoms with Gasteiger partial charge in [0.15, 0.2) is 5.60 Å². The van der Waals surface area contributed by atoms with E-state index >= 15 is 0 Å². The monoisotopic (exact) mass is 917 g/mol. The van der Waals surface area contributed by atoms with E-state index in [4.69, 9.17) is 26.1 Å². The predicted molar refractivity (Wildman–Crippen MR) is 251 cm³/mol. The number of carbonyl (C=O) groups excluding carboxylic acids is 5. The van der Waals surface area contributed by atoms with Gasteiger partial charge in [0.25, 0.3) is 5.91 Å². The zero-order valence-electron chi connectivity index (χ0n) is 36.2. The van der Waals surface area contributed by atoms with Gasteiger partial charge in [0, 0.05) is 82.9 Å². The molecule has 0 saturated carbocycles. The normalized spacial score (nSPS) is 19.9. The number of carbonyl (C=O) groups is 5. The van der Waals surface area contributed by atoms with Crippen LogP contribution in [0.5, 0.6) is 11.5 Å². The number of aromatic nitrogens is 1. The molecule has 0 bridgehead atoms. The van der Waals surface area contributed by atoms with Crippen molar-refractivity contribution in [3.8, 4) is 22.1 Å². The van der Waals surface area contributed by atoms with Crippen molar-refractivity contribution in [3.63, 3.8) is 0 Å². The van der Waals surface area contributed by atoms with E-state index in [1.54, 1.807) is 18.0 Å². The fourth-order valence-corrected chi connectivity index (χ4v) is 10.8. The number of thiazole rings is 1. The molecule has 3 fully saturated rings. The summed E-state index contributed by atoms with van der Waals surface area (Å²) in [6.07, 6.45) is 3.58. The van der Waals surface area contributed by atoms with Gasteiger partial charge in [-0.25, -0.2) is 4.98 Å². The number of fused-ring (bicyclic) bond motifs is 2. The van der Waals surface area contributed by atoms with Crippen LogP contribution in [0, 0.1) is 5.92 Å². The van der Waals surface area contributed by atoms with Gasteiger partial charge in [0.2, 0.25) is 23.6 Å². The number of para-hydroxylation sites is 1. The summed E-state index contributed by atoms with van der Waals surface area (Å²) in [5, 5.41) is 13.1. The Morgan fingerprint density at radius 1 is 0.908 bits per heavy atom. The van der Waals surface area contributed by atoms with E-state index in [0.29, 0.717) is 54.1 Å². The first-order chi connectivity index (χ1) is 31.6. The Labute approximate surface area is 386 Å². The number of nitrogens with zero attached hydrogens (tertiary/aromatic N) is 3. The number of imide groups is 1. The molecule has 338 valence electrons. The average Bonchev–Trinajstić information content (AvgIpc) is 3.77. The van der Waals surface area contributed by atoms with Crippen LogP contribution in [-0.4, -0.2) is 97.9 Å². The van der Waals surface area contributed by atoms with Crippen molar-refractivity contribution in [2.24, 2.45) is 5.92 Å². The largest absolute Gasteiger partial charge is 0.492 e. The van der Waals surface area contributed by atoms with Crippen molar-refractivity contribution in [2.75, 3.05) is 63.1 Å². The Morgan fingerprint density at radius 2 is 1.69 bits per heavy atom. The van der Waals surface area contributed by atoms with E-state index in [-0.39, 0.29) is 67.8 Å². The van der Waals surface area contributed by atoms with Crippen molar-refractivity contribution in [1.82, 2.24) is 25.8 Å². The molecule has 0 aliphatic carbocycles. The number of anilines is 2. The molecule has 1 unspecified atom stereocenters. The summed E-state index contributed by atoms with van der Waals surface area (Å²) in [7, 11) is 1.58. The van der Waals surface area contributed by atoms with Gasteiger partial charge in [-0.1, -0.05) is 48.0 Å². The minimum Gasteiger partial charge on any atom is -0.492 e. The molecular weight excluding hydrogens is 866 g/mol. The molecule has 4 aromatic carbocycles. The molecule has 65 heavy (non-hydrogen) atoms. The highest BCUT2D eigenvalue weighted by Gasteiger charge is 2.46. The van der Waals surface area contributed by atoms with Crippen LogP contribution in [0.3, 0.4) is 0 Å². The number of nitrogens with one attached hydrogen (secondary N) is 4. The molecule has 3 saturated heterocycles. The molecular formula is C49H52ClN7O7S. The summed E-state index contributed by atoms with van der Waals surface area (Å²) in [4.78, 5) is 73.5. The minimum absolute atomic E-state index is 0.0267. The highest BCUT2D eigenvalue weighted by Crippen LogP contribution is 2.42. The zero-order valence-corrected chi connectivity index (χ0v) is 37.8. The number of rotatable bonds is 13. The van der Waals surface area contributed by atoms with Crippen molar-refractivity contribution in [2.45, 2.75) is 62.4 Å². The van der Waals surface area contributed by atoms with E-state index in [9.17, 15) is 24.0 Å². The molecule has 4 aliphatic rings. The van der Waals surface area contributed by atoms with Gasteiger partial charge in [0.1, 0.15) is 23.1 Å². The fourth-order valence-electron chi connectivity index (χ4n) is 9.51. The molecule has 14 nitrogen and oxygen atoms in total. The summed E-state index contributed by atoms with van der Waals surface area (Å²) < 4.78 is 13.6. The molecule has 4 N–H and O–H groups in total. The number of benzene rings is 4. The highest BCUT2D eigenvalue weighted by molar-refractivity contribution is 7.22. The number of ether oxygens (including phenoxy) is 2. The van der Waals surface area contributed by atoms with E-state index < -0.39 is 11.5 Å². The average molecular weight is 919 g/mol. The maximum absolute atomic E-state index is 14.2. The number of hydrogen-bond acceptors (Lipinski definition) is 11. The third-order valence-corrected chi connectivity index (χ3v) is 14.7. The lowest BCUT2D eigenvalue weighted by Gasteiger charge is -2.42. The number of halogens is 1. The van der Waals surface area contributed by atoms with Crippen molar-refractivity contribution in [3.05, 3.63) is 101 Å². The molecule has 2 atom stereocenters. The van der Waals surface area contributed by atoms with Crippen LogP contribution in [0.1, 0.15) is 67.9 Å². The van der Waals surface area contributed by atoms with Gasteiger partial charge in [-0.3, -0.25) is 29.3 Å². The van der Waals surface area contributed by atoms with Crippen LogP contribution in [0.2, 0.25) is 5.02 Å². The van der Waals surface area contributed by atoms with Gasteiger partial charge in [-0.2, -0.15) is 0 Å². The van der Waals surface area contributed by atoms with Crippen LogP contribution in [-0.2, 0) is 24.0 Å². The summed E-state index contributed by atoms with van der Waals surface area (Å²) in [5.41, 5.74) is 3.69. The summed E-state index contributed by atoms with van der Waals surface area (Å²) in [5.74, 6) is -0.361. The Bertz CT molecular complexity index is 2610. The Kier molecular flexibility index (Phi) is 13.1. The second-order valence-electron chi connectivity index (χ2n) is 17.2. The van der Waals surface area contributed by atoms with Gasteiger partial charge in [0.05, 0.1) is 32.6 Å². The SMILES string of the molecule is CNC(=O)C1(Oc2ccccc2-c2nc3cccc(Cl)c3s2)CCN(C(=O)[C@H]2CC(=O)Nc3cc(OCCNCC4CCN(c5ccc(C6CCC(=O)NC6=O)cc5)CC4)ccc32)CC1. The van der Waals surface area contributed by atoms with Crippen LogP contribution in [0.25, 0.3) is 20.8 Å². The van der Waals surface area contributed by atoms with Gasteiger partial charge in [-0.15, -0.1) is 11.3 Å². The fraction of sp³-hybridized carbons (Fsp3) is 0.388. The Hall–Kier alpha value is -6.03. The molecule has 4 aliphatic heterocycles. The van der Waals surface area contributed by atoms with Gasteiger partial charge >= 0.3 is 0 Å². The molecule has 0 spiro atoms. The maximum atomic E-state index is 14.2. The molecule has 5 amide bonds. The molecule has 9 rings (SSSR count). The van der Waals surface area contributed by atoms with Crippen LogP contribution < -0.4 is 35.6 Å². The van der Waals surface area contributed by atoms with Crippen LogP contribution >= 0.6 is 22.9 Å². The highest BCUT2D eigenvalue weighted by atomic mass is 35.5. The van der Waals surface area contributed by atoms with Crippen molar-refractivity contribution < 1.29 is 33.4 Å². The van der Waals surface area contributed by atoms with Crippen LogP contribution in [0.15, 0.2) is 84.9 Å². The number of amides is 5. The standard InChI is InChI=1S/C49H52ClN7O7S/c1-51-48(62)49(64-41-8-3-2-5-36(41)46-54-39-7-4-6-38(50)44(39)65-46)19-24-57(25-20-49)47(61)37-28-43(59)53-40-27-33(13-14-35(37)40)63-26-21-52-29-30-17-22-56(23-18-30)32-11-9-31(10-12-32)34-15-16-42(58)55-45(34)60/h2-14,27,30,34,37,52H,15-26,28-29H2,1H3,(H,51,62)(H,53,59)(H,55,58,60)/t34?,37-/m0/s1. The van der Waals surface area contributed by atoms with Gasteiger partial charge < -0.3 is 35.2 Å². The number of piperidine rings is 3. The predicted octanol–water partition coefficient (Wildman–Crippen LogP) is 6.63. The second kappa shape index (κ2) is 19.2. The maximum Gasteiger partial charge on any atom is 0.264 e. The lowest BCUT2D eigenvalue weighted by atomic mass is 9.86. The molecule has 5 heterocycles. The van der Waals surface area contributed by atoms with E-state index in [1.807, 2.05) is 66.7 Å². The van der Waals surface area contributed by atoms with Crippen molar-refractivity contribution >= 4 is 74.1 Å². The smallest absolute Gasteiger partial charge is 0.264 e. The molecule has 5 aromatic rings. The summed E-state index contributed by atoms with van der Waals surface area (Å²) in [6, 6.07) is 26.8. The number of hydrogen-bond donors (Lipinski definition) is 4. The minimum atomic E-state index is -1.23. The number of likely N-dealkylation sites (tertiary alicyclic amines) is 1. The van der Waals surface area contributed by atoms with Crippen LogP contribution in [0.4, 0.5) is 11.4 Å². The van der Waals surface area contributed by atoms with Gasteiger partial charge in [-0.05, 0) is 85.3 Å². The third-order valence-electron chi connectivity index (χ3n) is 13.2. The Balaban J connectivity index is 0.754. The first-order valence-corrected chi connectivity index (χ1v) is 23.6. The lowest BCUT2D eigenvalue weighted by molar-refractivity contribution is -0.147. The zero-order chi connectivity index (χ0) is 45.1. The summed E-state index contributed by atoms with van der Waals surface area (Å²) in [6.45, 7) is 4.43.